The molecule has 97 heavy (non-hydrogen) atoms. The summed E-state index contributed by atoms with van der Waals surface area (Å²) in [6.45, 7) is 23.2. The van der Waals surface area contributed by atoms with Crippen molar-refractivity contribution >= 4 is 17.1 Å². The molecule has 0 saturated carbocycles. The van der Waals surface area contributed by atoms with Crippen LogP contribution in [0.2, 0.25) is 0 Å². The van der Waals surface area contributed by atoms with E-state index in [-0.39, 0.29) is 5.41 Å². The van der Waals surface area contributed by atoms with Gasteiger partial charge in [0.05, 0.1) is 29.1 Å². The number of anilines is 3. The van der Waals surface area contributed by atoms with Gasteiger partial charge in [0.2, 0.25) is 0 Å². The van der Waals surface area contributed by atoms with Gasteiger partial charge in [0, 0.05) is 16.7 Å². The molecular formula is C91H96N4O2. The molecule has 0 radical (unpaired) electrons. The molecule has 0 bridgehead atoms. The zero-order chi connectivity index (χ0) is 67.2. The minimum Gasteiger partial charge on any atom is -0.494 e. The minimum atomic E-state index is -0.597. The molecule has 1 unspecified atom stereocenters. The Balaban J connectivity index is 0.837. The van der Waals surface area contributed by atoms with Gasteiger partial charge in [0.25, 0.3) is 0 Å². The molecule has 2 heterocycles. The van der Waals surface area contributed by atoms with Gasteiger partial charge in [-0.3, -0.25) is 0 Å². The molecule has 492 valence electrons. The number of hydrogen-bond acceptors (Lipinski definition) is 6. The third-order valence-electron chi connectivity index (χ3n) is 20.3. The number of hydrogen-bond donors (Lipinski definition) is 0. The number of rotatable bonds is 25. The summed E-state index contributed by atoms with van der Waals surface area (Å²) in [6, 6.07) is 76.5. The van der Waals surface area contributed by atoms with Gasteiger partial charge in [0.15, 0.2) is 29.0 Å². The standard InChI is InChI=1S/C91H96N4O2/c1-11-13-15-17-18-19-20-21-22-23-25-66-31-35-69(36-32-66)88-92-87(68-33-26-61(3)27-34-68)93-89(94-88)70-39-37-67(38-40-70)72-42-52-82-84(59-72)97-85-60-73(43-53-83(85)95(82)86-64(6)56-76(57-65(86)7)90(8,9)10)71-41-51-79-78-50-30-63(5)55-80(78)91(81(79)58-71,74-44-28-62(4)29-45-74)75-46-48-77(49-47-75)96-54-24-16-14-12-2/h26-53,55-60H,11-25,54H2,1-10H3. The Labute approximate surface area is 578 Å². The summed E-state index contributed by atoms with van der Waals surface area (Å²) >= 11 is 0. The summed E-state index contributed by atoms with van der Waals surface area (Å²) in [4.78, 5) is 17.9. The van der Waals surface area contributed by atoms with E-state index in [4.69, 9.17) is 24.4 Å². The van der Waals surface area contributed by atoms with Gasteiger partial charge in [-0.1, -0.05) is 292 Å². The van der Waals surface area contributed by atoms with Gasteiger partial charge in [-0.05, 0) is 180 Å². The Kier molecular flexibility index (Phi) is 19.9. The lowest BCUT2D eigenvalue weighted by atomic mass is 9.67. The molecule has 6 nitrogen and oxygen atoms in total. The highest BCUT2D eigenvalue weighted by Crippen LogP contribution is 2.59. The second-order valence-electron chi connectivity index (χ2n) is 28.7. The molecule has 0 fully saturated rings. The molecule has 1 aromatic heterocycles. The van der Waals surface area contributed by atoms with Gasteiger partial charge < -0.3 is 14.4 Å². The summed E-state index contributed by atoms with van der Waals surface area (Å²) in [7, 11) is 0. The van der Waals surface area contributed by atoms with E-state index in [1.807, 2.05) is 0 Å². The molecule has 2 aliphatic rings. The lowest BCUT2D eigenvalue weighted by Crippen LogP contribution is -2.28. The Bertz CT molecular complexity index is 4540. The highest BCUT2D eigenvalue weighted by atomic mass is 16.5. The second kappa shape index (κ2) is 29.1. The van der Waals surface area contributed by atoms with E-state index in [1.54, 1.807) is 0 Å². The maximum Gasteiger partial charge on any atom is 0.164 e. The van der Waals surface area contributed by atoms with Gasteiger partial charge >= 0.3 is 0 Å². The first-order valence-corrected chi connectivity index (χ1v) is 36.1. The van der Waals surface area contributed by atoms with E-state index < -0.39 is 5.41 Å². The SMILES string of the molecule is CCCCCCCCCCCCc1ccc(-c2nc(-c3ccc(C)cc3)nc(-c3ccc(-c4ccc5c(c4)Oc4cc(-c6ccc7c(c6)C(c6ccc(C)cc6)(c6ccc(OCCCCCC)cc6)c6cc(C)ccc6-7)ccc4N5c4c(C)cc(C(C)(C)C)cc4C)cc3)n2)cc1. The number of ether oxygens (including phenoxy) is 2. The maximum absolute atomic E-state index is 7.30. The molecule has 10 aromatic carbocycles. The number of nitrogens with zero attached hydrogens (tertiary/aromatic N) is 4. The normalized spacial score (nSPS) is 13.8. The Hall–Kier alpha value is -9.39. The van der Waals surface area contributed by atoms with Crippen molar-refractivity contribution in [3.05, 3.63) is 267 Å². The first-order chi connectivity index (χ1) is 47.2. The van der Waals surface area contributed by atoms with Gasteiger partial charge in [-0.2, -0.15) is 0 Å². The quantitative estimate of drug-likeness (QED) is 0.0532. The monoisotopic (exact) mass is 1280 g/mol. The van der Waals surface area contributed by atoms with Crippen molar-refractivity contribution < 1.29 is 9.47 Å². The lowest BCUT2D eigenvalue weighted by Gasteiger charge is -2.36. The van der Waals surface area contributed by atoms with Crippen LogP contribution in [0.25, 0.3) is 67.5 Å². The Morgan fingerprint density at radius 2 is 0.804 bits per heavy atom. The fourth-order valence-electron chi connectivity index (χ4n) is 14.8. The first-order valence-electron chi connectivity index (χ1n) is 36.1. The Morgan fingerprint density at radius 3 is 1.35 bits per heavy atom. The van der Waals surface area contributed by atoms with E-state index in [0.717, 1.165) is 92.7 Å². The molecule has 13 rings (SSSR count). The molecule has 11 aromatic rings. The Morgan fingerprint density at radius 1 is 0.392 bits per heavy atom. The highest BCUT2D eigenvalue weighted by molar-refractivity contribution is 5.93. The number of aryl methyl sites for hydroxylation is 6. The first kappa shape index (κ1) is 66.2. The van der Waals surface area contributed by atoms with Crippen molar-refractivity contribution in [3.8, 4) is 84.8 Å². The van der Waals surface area contributed by atoms with Crippen molar-refractivity contribution in [2.45, 2.75) is 176 Å². The molecule has 0 amide bonds. The van der Waals surface area contributed by atoms with Crippen LogP contribution in [0.5, 0.6) is 17.2 Å². The number of unbranched alkanes of at least 4 members (excludes halogenated alkanes) is 12. The minimum absolute atomic E-state index is 0.0139. The van der Waals surface area contributed by atoms with Crippen molar-refractivity contribution in [2.24, 2.45) is 0 Å². The van der Waals surface area contributed by atoms with Crippen LogP contribution in [0.4, 0.5) is 17.1 Å². The predicted molar refractivity (Wildman–Crippen MR) is 407 cm³/mol. The van der Waals surface area contributed by atoms with Crippen molar-refractivity contribution in [1.29, 1.82) is 0 Å². The average Bonchev–Trinajstić information content (AvgIpc) is 1.56. The zero-order valence-electron chi connectivity index (χ0n) is 59.0. The summed E-state index contributed by atoms with van der Waals surface area (Å²) in [6.07, 6.45) is 19.2. The van der Waals surface area contributed by atoms with Crippen LogP contribution in [0.1, 0.15) is 186 Å². The van der Waals surface area contributed by atoms with E-state index in [0.29, 0.717) is 17.5 Å². The molecule has 1 atom stereocenters. The fourth-order valence-corrected chi connectivity index (χ4v) is 14.8. The third-order valence-corrected chi connectivity index (χ3v) is 20.3. The molecule has 6 heteroatoms. The maximum atomic E-state index is 7.30. The van der Waals surface area contributed by atoms with Crippen molar-refractivity contribution in [1.82, 2.24) is 15.0 Å². The molecular weight excluding hydrogens is 1180 g/mol. The van der Waals surface area contributed by atoms with E-state index >= 15 is 0 Å². The topological polar surface area (TPSA) is 60.4 Å². The predicted octanol–water partition coefficient (Wildman–Crippen LogP) is 25.4. The van der Waals surface area contributed by atoms with Crippen LogP contribution in [0, 0.1) is 34.6 Å². The summed E-state index contributed by atoms with van der Waals surface area (Å²) in [5.74, 6) is 4.45. The largest absolute Gasteiger partial charge is 0.494 e. The molecule has 0 saturated heterocycles. The zero-order valence-corrected chi connectivity index (χ0v) is 59.0. The molecule has 0 N–H and O–H groups in total. The van der Waals surface area contributed by atoms with Crippen LogP contribution in [-0.2, 0) is 17.3 Å². The van der Waals surface area contributed by atoms with Crippen molar-refractivity contribution in [2.75, 3.05) is 11.5 Å². The van der Waals surface area contributed by atoms with Crippen LogP contribution in [-0.4, -0.2) is 21.6 Å². The smallest absolute Gasteiger partial charge is 0.164 e. The molecule has 1 aliphatic heterocycles. The van der Waals surface area contributed by atoms with Crippen molar-refractivity contribution in [3.63, 3.8) is 0 Å². The van der Waals surface area contributed by atoms with E-state index in [1.165, 1.54) is 156 Å². The number of fused-ring (bicyclic) bond motifs is 5. The third kappa shape index (κ3) is 14.1. The summed E-state index contributed by atoms with van der Waals surface area (Å²) in [5, 5.41) is 0. The summed E-state index contributed by atoms with van der Waals surface area (Å²) in [5.41, 5.74) is 26.0. The van der Waals surface area contributed by atoms with Crippen LogP contribution >= 0.6 is 0 Å². The average molecular weight is 1280 g/mol. The van der Waals surface area contributed by atoms with E-state index in [2.05, 4.69) is 280 Å². The van der Waals surface area contributed by atoms with Crippen LogP contribution in [0.15, 0.2) is 206 Å². The lowest BCUT2D eigenvalue weighted by molar-refractivity contribution is 0.305. The molecule has 0 spiro atoms. The second-order valence-corrected chi connectivity index (χ2v) is 28.7. The van der Waals surface area contributed by atoms with Crippen LogP contribution in [0.3, 0.4) is 0 Å². The van der Waals surface area contributed by atoms with Gasteiger partial charge in [0.1, 0.15) is 5.75 Å². The van der Waals surface area contributed by atoms with Crippen LogP contribution < -0.4 is 14.4 Å². The summed E-state index contributed by atoms with van der Waals surface area (Å²) < 4.78 is 13.7. The van der Waals surface area contributed by atoms with Gasteiger partial charge in [-0.25, -0.2) is 15.0 Å². The highest BCUT2D eigenvalue weighted by Gasteiger charge is 2.46. The number of benzene rings is 10. The molecule has 1 aliphatic carbocycles. The fraction of sp³-hybridized carbons (Fsp3) is 0.308. The number of aromatic nitrogens is 3. The van der Waals surface area contributed by atoms with Gasteiger partial charge in [-0.15, -0.1) is 0 Å². The van der Waals surface area contributed by atoms with E-state index in [9.17, 15) is 0 Å².